The Hall–Kier alpha value is -3.15. The van der Waals surface area contributed by atoms with Gasteiger partial charge < -0.3 is 14.5 Å². The first-order chi connectivity index (χ1) is 11.8. The Labute approximate surface area is 139 Å². The Balaban J connectivity index is 1.69. The number of carbonyl (C=O) groups excluding carboxylic acids is 1. The van der Waals surface area contributed by atoms with Gasteiger partial charge in [0.2, 0.25) is 0 Å². The van der Waals surface area contributed by atoms with Crippen molar-refractivity contribution in [2.45, 2.75) is 13.5 Å². The van der Waals surface area contributed by atoms with Gasteiger partial charge in [-0.2, -0.15) is 0 Å². The van der Waals surface area contributed by atoms with Crippen molar-refractivity contribution in [2.75, 3.05) is 6.61 Å². The third-order valence-corrected chi connectivity index (χ3v) is 3.37. The fourth-order valence-electron chi connectivity index (χ4n) is 2.25. The van der Waals surface area contributed by atoms with Crippen molar-refractivity contribution in [3.63, 3.8) is 0 Å². The molecular weight excluding hydrogens is 306 g/mol. The third kappa shape index (κ3) is 3.60. The number of rotatable bonds is 6. The van der Waals surface area contributed by atoms with E-state index in [2.05, 4.69) is 15.3 Å². The number of hydrogen-bond acceptors (Lipinski definition) is 5. The van der Waals surface area contributed by atoms with E-state index in [1.165, 1.54) is 0 Å². The smallest absolute Gasteiger partial charge is 0.251 e. The second kappa shape index (κ2) is 7.41. The van der Waals surface area contributed by atoms with Gasteiger partial charge in [0.05, 0.1) is 25.1 Å². The van der Waals surface area contributed by atoms with Crippen molar-refractivity contribution < 1.29 is 13.9 Å². The highest BCUT2D eigenvalue weighted by Crippen LogP contribution is 2.20. The van der Waals surface area contributed by atoms with E-state index in [-0.39, 0.29) is 12.5 Å². The van der Waals surface area contributed by atoms with Crippen molar-refractivity contribution in [3.8, 4) is 17.2 Å². The van der Waals surface area contributed by atoms with Crippen LogP contribution in [0.5, 0.6) is 5.75 Å². The lowest BCUT2D eigenvalue weighted by molar-refractivity contribution is 0.0950. The van der Waals surface area contributed by atoms with Crippen molar-refractivity contribution in [3.05, 3.63) is 66.3 Å². The molecule has 0 aliphatic rings. The number of nitrogens with zero attached hydrogens (tertiary/aromatic N) is 2. The van der Waals surface area contributed by atoms with Gasteiger partial charge in [-0.05, 0) is 43.3 Å². The van der Waals surface area contributed by atoms with Crippen LogP contribution in [0.3, 0.4) is 0 Å². The minimum Gasteiger partial charge on any atom is -0.494 e. The molecule has 0 saturated carbocycles. The first-order valence-corrected chi connectivity index (χ1v) is 7.62. The summed E-state index contributed by atoms with van der Waals surface area (Å²) >= 11 is 0. The molecule has 6 heteroatoms. The first-order valence-electron chi connectivity index (χ1n) is 7.62. The van der Waals surface area contributed by atoms with E-state index in [9.17, 15) is 4.79 Å². The maximum atomic E-state index is 12.3. The zero-order chi connectivity index (χ0) is 16.8. The molecule has 0 spiro atoms. The van der Waals surface area contributed by atoms with Crippen LogP contribution in [0.4, 0.5) is 0 Å². The average molecular weight is 323 g/mol. The molecule has 1 amide bonds. The van der Waals surface area contributed by atoms with Crippen molar-refractivity contribution in [2.24, 2.45) is 0 Å². The number of ether oxygens (including phenoxy) is 1. The molecule has 0 aliphatic carbocycles. The maximum absolute atomic E-state index is 12.3. The van der Waals surface area contributed by atoms with Gasteiger partial charge in [0.15, 0.2) is 5.76 Å². The average Bonchev–Trinajstić information content (AvgIpc) is 3.15. The summed E-state index contributed by atoms with van der Waals surface area (Å²) < 4.78 is 10.7. The Bertz CT molecular complexity index is 799. The minimum atomic E-state index is -0.186. The normalized spacial score (nSPS) is 10.4. The van der Waals surface area contributed by atoms with E-state index in [1.807, 2.05) is 13.0 Å². The monoisotopic (exact) mass is 323 g/mol. The third-order valence-electron chi connectivity index (χ3n) is 3.37. The van der Waals surface area contributed by atoms with E-state index < -0.39 is 0 Å². The van der Waals surface area contributed by atoms with Gasteiger partial charge in [-0.15, -0.1) is 0 Å². The second-order valence-corrected chi connectivity index (χ2v) is 4.97. The number of aromatic nitrogens is 2. The van der Waals surface area contributed by atoms with Gasteiger partial charge in [-0.25, -0.2) is 4.98 Å². The molecule has 1 N–H and O–H groups in total. The van der Waals surface area contributed by atoms with E-state index >= 15 is 0 Å². The topological polar surface area (TPSA) is 77.2 Å². The Morgan fingerprint density at radius 2 is 1.96 bits per heavy atom. The minimum absolute atomic E-state index is 0.186. The van der Waals surface area contributed by atoms with E-state index in [0.29, 0.717) is 29.3 Å². The molecule has 24 heavy (non-hydrogen) atoms. The van der Waals surface area contributed by atoms with E-state index in [1.54, 1.807) is 49.0 Å². The number of furan rings is 1. The van der Waals surface area contributed by atoms with Crippen LogP contribution in [0.2, 0.25) is 0 Å². The van der Waals surface area contributed by atoms with Gasteiger partial charge in [0.1, 0.15) is 11.4 Å². The molecule has 0 bridgehead atoms. The molecule has 2 heterocycles. The molecule has 0 fully saturated rings. The van der Waals surface area contributed by atoms with Gasteiger partial charge in [-0.1, -0.05) is 0 Å². The highest BCUT2D eigenvalue weighted by Gasteiger charge is 2.12. The molecule has 0 atom stereocenters. The quantitative estimate of drug-likeness (QED) is 0.754. The summed E-state index contributed by atoms with van der Waals surface area (Å²) in [7, 11) is 0. The van der Waals surface area contributed by atoms with Crippen molar-refractivity contribution in [1.29, 1.82) is 0 Å². The highest BCUT2D eigenvalue weighted by molar-refractivity contribution is 5.94. The van der Waals surface area contributed by atoms with Crippen molar-refractivity contribution in [1.82, 2.24) is 15.3 Å². The summed E-state index contributed by atoms with van der Waals surface area (Å²) in [4.78, 5) is 20.8. The summed E-state index contributed by atoms with van der Waals surface area (Å²) in [6.45, 7) is 2.77. The fourth-order valence-corrected chi connectivity index (χ4v) is 2.25. The van der Waals surface area contributed by atoms with Gasteiger partial charge in [0, 0.05) is 18.0 Å². The van der Waals surface area contributed by atoms with Gasteiger partial charge >= 0.3 is 0 Å². The van der Waals surface area contributed by atoms with E-state index in [4.69, 9.17) is 9.15 Å². The number of benzene rings is 1. The molecule has 1 aromatic carbocycles. The molecule has 0 unspecified atom stereocenters. The van der Waals surface area contributed by atoms with Crippen LogP contribution in [0, 0.1) is 0 Å². The highest BCUT2D eigenvalue weighted by atomic mass is 16.5. The second-order valence-electron chi connectivity index (χ2n) is 4.97. The predicted octanol–water partition coefficient (Wildman–Crippen LogP) is 3.07. The molecule has 122 valence electrons. The maximum Gasteiger partial charge on any atom is 0.251 e. The Morgan fingerprint density at radius 1 is 1.17 bits per heavy atom. The van der Waals surface area contributed by atoms with Gasteiger partial charge in [0.25, 0.3) is 5.91 Å². The summed E-state index contributed by atoms with van der Waals surface area (Å²) in [5.41, 5.74) is 1.82. The molecule has 0 radical (unpaired) electrons. The summed E-state index contributed by atoms with van der Waals surface area (Å²) in [5.74, 6) is 1.17. The number of amides is 1. The largest absolute Gasteiger partial charge is 0.494 e. The van der Waals surface area contributed by atoms with Crippen LogP contribution in [0.25, 0.3) is 11.5 Å². The van der Waals surface area contributed by atoms with Crippen LogP contribution in [0.1, 0.15) is 23.0 Å². The lowest BCUT2D eigenvalue weighted by atomic mass is 10.2. The van der Waals surface area contributed by atoms with E-state index in [0.717, 1.165) is 5.75 Å². The zero-order valence-corrected chi connectivity index (χ0v) is 13.2. The number of nitrogens with one attached hydrogen (secondary N) is 1. The molecular formula is C18H17N3O3. The lowest BCUT2D eigenvalue weighted by Gasteiger charge is -2.08. The molecule has 3 rings (SSSR count). The van der Waals surface area contributed by atoms with Crippen molar-refractivity contribution >= 4 is 5.91 Å². The fraction of sp³-hybridized carbons (Fsp3) is 0.167. The molecule has 2 aromatic heterocycles. The van der Waals surface area contributed by atoms with Crippen LogP contribution < -0.4 is 10.1 Å². The Morgan fingerprint density at radius 3 is 2.67 bits per heavy atom. The van der Waals surface area contributed by atoms with Crippen LogP contribution in [-0.2, 0) is 6.54 Å². The summed E-state index contributed by atoms with van der Waals surface area (Å²) in [6, 6.07) is 10.6. The molecule has 0 aliphatic heterocycles. The Kier molecular flexibility index (Phi) is 4.86. The molecule has 3 aromatic rings. The number of hydrogen-bond donors (Lipinski definition) is 1. The lowest BCUT2D eigenvalue weighted by Crippen LogP contribution is -2.23. The van der Waals surface area contributed by atoms with Crippen LogP contribution in [-0.4, -0.2) is 22.5 Å². The zero-order valence-electron chi connectivity index (χ0n) is 13.2. The van der Waals surface area contributed by atoms with Crippen LogP contribution >= 0.6 is 0 Å². The van der Waals surface area contributed by atoms with Gasteiger partial charge in [-0.3, -0.25) is 9.78 Å². The summed E-state index contributed by atoms with van der Waals surface area (Å²) in [6.07, 6.45) is 4.76. The van der Waals surface area contributed by atoms with Crippen LogP contribution in [0.15, 0.2) is 59.5 Å². The molecule has 0 saturated heterocycles. The standard InChI is InChI=1S/C18H17N3O3/c1-2-23-14-7-5-13(6-8-14)18(22)21-12-15-17(20-10-9-19-15)16-4-3-11-24-16/h3-11H,2,12H2,1H3,(H,21,22). The predicted molar refractivity (Wildman–Crippen MR) is 88.5 cm³/mol. The molecule has 6 nitrogen and oxygen atoms in total. The summed E-state index contributed by atoms with van der Waals surface area (Å²) in [5, 5.41) is 2.85. The number of carbonyl (C=O) groups is 1. The SMILES string of the molecule is CCOc1ccc(C(=O)NCc2nccnc2-c2ccco2)cc1. The first kappa shape index (κ1) is 15.7.